The normalized spacial score (nSPS) is 14.3. The van der Waals surface area contributed by atoms with Crippen LogP contribution in [0.1, 0.15) is 62.1 Å². The molecule has 0 bridgehead atoms. The first kappa shape index (κ1) is 38.6. The largest absolute Gasteiger partial charge is 0.448 e. The Balaban J connectivity index is 1.50. The van der Waals surface area contributed by atoms with Gasteiger partial charge in [-0.3, -0.25) is 4.79 Å². The number of carbonyl (C=O) groups is 3. The molecule has 14 heteroatoms. The number of hydrogen-bond donors (Lipinski definition) is 5. The van der Waals surface area contributed by atoms with Gasteiger partial charge < -0.3 is 44.6 Å². The minimum absolute atomic E-state index is 0.0907. The molecule has 0 saturated carbocycles. The second kappa shape index (κ2) is 18.7. The van der Waals surface area contributed by atoms with Gasteiger partial charge in [-0.1, -0.05) is 88.4 Å². The number of ether oxygens (including phenoxy) is 1. The summed E-state index contributed by atoms with van der Waals surface area (Å²) < 4.78 is 15.9. The molecule has 0 aliphatic carbocycles. The zero-order valence-corrected chi connectivity index (χ0v) is 29.6. The molecule has 0 spiro atoms. The van der Waals surface area contributed by atoms with Gasteiger partial charge in [-0.15, -0.1) is 0 Å². The molecule has 0 saturated heterocycles. The standard InChI is InChI=1S/C37H48N6O8/c1-23(2)31(42-36(47)43(5)19-27-20-49-35(39-27)24(3)4)34(46)40-29(16-25-12-8-6-9-13-25)32(44)33(45)30(17-26-14-10-7-11-15-26)41-37(48)50-21-28-18-38-22-51-28/h6-15,18,20,22-24,29-33,44-45H,16-17,19,21H2,1-5H3,(H,40,46)(H,41,48)(H,42,47)/t29-,30-,31-,32-,33-/m0/s1. The molecule has 4 aromatic rings. The molecular formula is C37H48N6O8. The van der Waals surface area contributed by atoms with E-state index >= 15 is 0 Å². The fourth-order valence-corrected chi connectivity index (χ4v) is 5.40. The number of aliphatic hydroxyl groups is 2. The van der Waals surface area contributed by atoms with Gasteiger partial charge in [-0.05, 0) is 29.9 Å². The minimum Gasteiger partial charge on any atom is -0.448 e. The van der Waals surface area contributed by atoms with E-state index in [4.69, 9.17) is 13.6 Å². The lowest BCUT2D eigenvalue weighted by molar-refractivity contribution is -0.126. The number of aromatic nitrogens is 2. The first-order valence-electron chi connectivity index (χ1n) is 16.9. The fourth-order valence-electron chi connectivity index (χ4n) is 5.40. The van der Waals surface area contributed by atoms with Crippen molar-refractivity contribution >= 4 is 18.0 Å². The molecule has 2 aromatic heterocycles. The molecule has 5 atom stereocenters. The van der Waals surface area contributed by atoms with Gasteiger partial charge in [-0.2, -0.15) is 0 Å². The van der Waals surface area contributed by atoms with Crippen molar-refractivity contribution in [3.05, 3.63) is 108 Å². The molecule has 51 heavy (non-hydrogen) atoms. The van der Waals surface area contributed by atoms with Crippen LogP contribution in [0.15, 0.2) is 88.4 Å². The number of oxazole rings is 2. The van der Waals surface area contributed by atoms with Crippen LogP contribution in [0.5, 0.6) is 0 Å². The van der Waals surface area contributed by atoms with Crippen molar-refractivity contribution < 1.29 is 38.2 Å². The van der Waals surface area contributed by atoms with Crippen molar-refractivity contribution in [1.29, 1.82) is 0 Å². The van der Waals surface area contributed by atoms with Crippen LogP contribution in [0, 0.1) is 5.92 Å². The number of alkyl carbamates (subject to hydrolysis) is 1. The minimum atomic E-state index is -1.56. The summed E-state index contributed by atoms with van der Waals surface area (Å²) in [5.41, 5.74) is 2.14. The lowest BCUT2D eigenvalue weighted by Crippen LogP contribution is -2.60. The maximum absolute atomic E-state index is 13.9. The highest BCUT2D eigenvalue weighted by Crippen LogP contribution is 2.17. The topological polar surface area (TPSA) is 192 Å². The first-order valence-corrected chi connectivity index (χ1v) is 16.9. The maximum atomic E-state index is 13.9. The summed E-state index contributed by atoms with van der Waals surface area (Å²) in [6, 6.07) is 14.8. The summed E-state index contributed by atoms with van der Waals surface area (Å²) in [4.78, 5) is 49.6. The van der Waals surface area contributed by atoms with Crippen LogP contribution in [0.25, 0.3) is 0 Å². The SMILES string of the molecule is CC(C)c1nc(CN(C)C(=O)N[C@H](C(=O)N[C@@H](Cc2ccccc2)[C@H](O)[C@@H](O)[C@H](Cc2ccccc2)NC(=O)OCc2cnco2)C(C)C)co1. The van der Waals surface area contributed by atoms with E-state index in [1.807, 2.05) is 74.5 Å². The van der Waals surface area contributed by atoms with E-state index in [1.54, 1.807) is 20.9 Å². The highest BCUT2D eigenvalue weighted by Gasteiger charge is 2.36. The van der Waals surface area contributed by atoms with Crippen molar-refractivity contribution in [2.45, 2.75) is 89.9 Å². The number of hydrogen-bond acceptors (Lipinski definition) is 10. The highest BCUT2D eigenvalue weighted by atomic mass is 16.6. The van der Waals surface area contributed by atoms with E-state index in [0.29, 0.717) is 17.3 Å². The third-order valence-corrected chi connectivity index (χ3v) is 8.27. The number of rotatable bonds is 17. The Morgan fingerprint density at radius 3 is 1.94 bits per heavy atom. The van der Waals surface area contributed by atoms with Crippen LogP contribution in [0.3, 0.4) is 0 Å². The summed E-state index contributed by atoms with van der Waals surface area (Å²) in [5.74, 6) is 0.0859. The Hall–Kier alpha value is -5.21. The van der Waals surface area contributed by atoms with E-state index in [-0.39, 0.29) is 37.8 Å². The molecule has 4 amide bonds. The van der Waals surface area contributed by atoms with Gasteiger partial charge in [0.05, 0.1) is 30.5 Å². The van der Waals surface area contributed by atoms with Crippen molar-refractivity contribution in [3.8, 4) is 0 Å². The lowest BCUT2D eigenvalue weighted by atomic mass is 9.90. The molecule has 0 aliphatic heterocycles. The third-order valence-electron chi connectivity index (χ3n) is 8.27. The molecule has 274 valence electrons. The number of carbonyl (C=O) groups excluding carboxylic acids is 3. The van der Waals surface area contributed by atoms with E-state index in [2.05, 4.69) is 25.9 Å². The van der Waals surface area contributed by atoms with Gasteiger partial charge in [0.2, 0.25) is 5.91 Å². The third kappa shape index (κ3) is 11.7. The van der Waals surface area contributed by atoms with Gasteiger partial charge in [0.15, 0.2) is 24.7 Å². The van der Waals surface area contributed by atoms with Gasteiger partial charge in [0.25, 0.3) is 0 Å². The first-order chi connectivity index (χ1) is 24.4. The Morgan fingerprint density at radius 1 is 0.843 bits per heavy atom. The van der Waals surface area contributed by atoms with Crippen LogP contribution in [0.4, 0.5) is 9.59 Å². The molecule has 0 unspecified atom stereocenters. The Labute approximate surface area is 297 Å². The lowest BCUT2D eigenvalue weighted by Gasteiger charge is -2.34. The Bertz CT molecular complexity index is 1650. The van der Waals surface area contributed by atoms with E-state index in [1.165, 1.54) is 23.8 Å². The number of amides is 4. The predicted molar refractivity (Wildman–Crippen MR) is 187 cm³/mol. The molecular weight excluding hydrogens is 656 g/mol. The van der Waals surface area contributed by atoms with Gasteiger partial charge in [0.1, 0.15) is 24.5 Å². The van der Waals surface area contributed by atoms with E-state index in [9.17, 15) is 24.6 Å². The Morgan fingerprint density at radius 2 is 1.43 bits per heavy atom. The van der Waals surface area contributed by atoms with Crippen molar-refractivity contribution in [2.24, 2.45) is 5.92 Å². The quantitative estimate of drug-likeness (QED) is 0.108. The van der Waals surface area contributed by atoms with Gasteiger partial charge >= 0.3 is 12.1 Å². The van der Waals surface area contributed by atoms with Crippen molar-refractivity contribution in [1.82, 2.24) is 30.8 Å². The monoisotopic (exact) mass is 704 g/mol. The van der Waals surface area contributed by atoms with Crippen LogP contribution < -0.4 is 16.0 Å². The molecule has 0 fully saturated rings. The van der Waals surface area contributed by atoms with Gasteiger partial charge in [-0.25, -0.2) is 19.6 Å². The average Bonchev–Trinajstić information content (AvgIpc) is 3.82. The van der Waals surface area contributed by atoms with Crippen molar-refractivity contribution in [3.63, 3.8) is 0 Å². The molecule has 5 N–H and O–H groups in total. The number of benzene rings is 2. The molecule has 4 rings (SSSR count). The zero-order chi connectivity index (χ0) is 36.9. The van der Waals surface area contributed by atoms with Gasteiger partial charge in [0, 0.05) is 13.0 Å². The molecule has 0 aliphatic rings. The maximum Gasteiger partial charge on any atom is 0.407 e. The number of nitrogens with one attached hydrogen (secondary N) is 3. The van der Waals surface area contributed by atoms with Crippen LogP contribution in [-0.4, -0.2) is 80.5 Å². The number of urea groups is 1. The average molecular weight is 705 g/mol. The summed E-state index contributed by atoms with van der Waals surface area (Å²) in [5, 5.41) is 31.7. The molecule has 14 nitrogen and oxygen atoms in total. The predicted octanol–water partition coefficient (Wildman–Crippen LogP) is 3.94. The highest BCUT2D eigenvalue weighted by molar-refractivity contribution is 5.87. The summed E-state index contributed by atoms with van der Waals surface area (Å²) in [7, 11) is 1.59. The van der Waals surface area contributed by atoms with E-state index in [0.717, 1.165) is 11.1 Å². The summed E-state index contributed by atoms with van der Waals surface area (Å²) in [6.07, 6.45) is 0.437. The second-order valence-corrected chi connectivity index (χ2v) is 13.1. The molecule has 2 aromatic carbocycles. The van der Waals surface area contributed by atoms with Crippen LogP contribution >= 0.6 is 0 Å². The smallest absolute Gasteiger partial charge is 0.407 e. The van der Waals surface area contributed by atoms with Crippen LogP contribution in [0.2, 0.25) is 0 Å². The van der Waals surface area contributed by atoms with Crippen LogP contribution in [-0.2, 0) is 35.5 Å². The fraction of sp³-hybridized carbons (Fsp3) is 0.432. The Kier molecular flexibility index (Phi) is 14.1. The molecule has 0 radical (unpaired) electrons. The number of nitrogens with zero attached hydrogens (tertiary/aromatic N) is 3. The molecule has 2 heterocycles. The van der Waals surface area contributed by atoms with Crippen molar-refractivity contribution in [2.75, 3.05) is 7.05 Å². The summed E-state index contributed by atoms with van der Waals surface area (Å²) >= 11 is 0. The van der Waals surface area contributed by atoms with E-state index < -0.39 is 48.4 Å². The zero-order valence-electron chi connectivity index (χ0n) is 29.6. The summed E-state index contributed by atoms with van der Waals surface area (Å²) in [6.45, 7) is 7.46. The second-order valence-electron chi connectivity index (χ2n) is 13.1. The number of aliphatic hydroxyl groups excluding tert-OH is 2.